The van der Waals surface area contributed by atoms with E-state index in [1.807, 2.05) is 0 Å². The maximum atomic E-state index is 11.2. The van der Waals surface area contributed by atoms with E-state index in [2.05, 4.69) is 6.92 Å². The smallest absolute Gasteiger partial charge is 0.308 e. The maximum absolute atomic E-state index is 11.2. The molecule has 0 saturated carbocycles. The normalized spacial score (nSPS) is 10.9. The molecule has 1 aromatic rings. The zero-order valence-electron chi connectivity index (χ0n) is 17.3. The summed E-state index contributed by atoms with van der Waals surface area (Å²) >= 11 is 0. The highest BCUT2D eigenvalue weighted by molar-refractivity contribution is 5.71. The molecule has 1 aromatic carbocycles. The van der Waals surface area contributed by atoms with Gasteiger partial charge in [-0.2, -0.15) is 0 Å². The molecule has 0 radical (unpaired) electrons. The summed E-state index contributed by atoms with van der Waals surface area (Å²) in [6.45, 7) is 3.56. The van der Waals surface area contributed by atoms with Gasteiger partial charge >= 0.3 is 5.97 Å². The Morgan fingerprint density at radius 1 is 0.815 bits per heavy atom. The van der Waals surface area contributed by atoms with Crippen molar-refractivity contribution in [3.8, 4) is 17.2 Å². The van der Waals surface area contributed by atoms with Gasteiger partial charge in [0.25, 0.3) is 0 Å². The van der Waals surface area contributed by atoms with Gasteiger partial charge in [0.1, 0.15) is 5.75 Å². The number of benzene rings is 1. The fourth-order valence-electron chi connectivity index (χ4n) is 3.44. The first kappa shape index (κ1) is 23.3. The number of ether oxygens (including phenoxy) is 1. The second-order valence-electron chi connectivity index (χ2n) is 7.54. The van der Waals surface area contributed by atoms with Crippen LogP contribution in [-0.4, -0.2) is 16.2 Å². The lowest BCUT2D eigenvalue weighted by atomic mass is 10.0. The molecule has 27 heavy (non-hydrogen) atoms. The van der Waals surface area contributed by atoms with Crippen LogP contribution in [0, 0.1) is 0 Å². The number of carbonyl (C=O) groups excluding carboxylic acids is 1. The van der Waals surface area contributed by atoms with Crippen molar-refractivity contribution in [3.63, 3.8) is 0 Å². The lowest BCUT2D eigenvalue weighted by Crippen LogP contribution is -2.04. The number of unbranched alkanes of at least 4 members (excludes halogenated alkanes) is 12. The zero-order valence-corrected chi connectivity index (χ0v) is 17.3. The van der Waals surface area contributed by atoms with Crippen LogP contribution in [-0.2, 0) is 11.2 Å². The molecule has 4 nitrogen and oxygen atoms in total. The number of rotatable bonds is 15. The highest BCUT2D eigenvalue weighted by Crippen LogP contribution is 2.35. The standard InChI is InChI=1S/C23H38O4/c1-3-4-5-6-7-8-9-10-11-12-13-14-15-16-20-17-21(25)18-22(26)23(20)27-19(2)24/h17-18,25-26H,3-16H2,1-2H3. The van der Waals surface area contributed by atoms with Crippen molar-refractivity contribution < 1.29 is 19.7 Å². The number of aromatic hydroxyl groups is 2. The Bertz CT molecular complexity index is 539. The van der Waals surface area contributed by atoms with Gasteiger partial charge in [0.05, 0.1) is 0 Å². The first-order valence-electron chi connectivity index (χ1n) is 10.8. The Labute approximate surface area is 164 Å². The van der Waals surface area contributed by atoms with Crippen LogP contribution in [0.3, 0.4) is 0 Å². The van der Waals surface area contributed by atoms with Crippen molar-refractivity contribution in [2.24, 2.45) is 0 Å². The number of esters is 1. The molecule has 0 amide bonds. The van der Waals surface area contributed by atoms with Gasteiger partial charge in [-0.15, -0.1) is 0 Å². The number of hydrogen-bond acceptors (Lipinski definition) is 4. The first-order valence-corrected chi connectivity index (χ1v) is 10.8. The third-order valence-corrected chi connectivity index (χ3v) is 4.93. The highest BCUT2D eigenvalue weighted by Gasteiger charge is 2.13. The van der Waals surface area contributed by atoms with Gasteiger partial charge < -0.3 is 14.9 Å². The summed E-state index contributed by atoms with van der Waals surface area (Å²) in [6.07, 6.45) is 17.5. The van der Waals surface area contributed by atoms with E-state index >= 15 is 0 Å². The van der Waals surface area contributed by atoms with Crippen LogP contribution in [0.15, 0.2) is 12.1 Å². The Morgan fingerprint density at radius 2 is 1.30 bits per heavy atom. The number of phenolic OH excluding ortho intramolecular Hbond substituents is 2. The number of phenols is 2. The van der Waals surface area contributed by atoms with Crippen molar-refractivity contribution in [1.82, 2.24) is 0 Å². The predicted molar refractivity (Wildman–Crippen MR) is 110 cm³/mol. The number of carbonyl (C=O) groups is 1. The Morgan fingerprint density at radius 3 is 1.78 bits per heavy atom. The zero-order chi connectivity index (χ0) is 19.9. The van der Waals surface area contributed by atoms with E-state index in [1.165, 1.54) is 83.6 Å². The molecular weight excluding hydrogens is 340 g/mol. The molecule has 1 rings (SSSR count). The minimum atomic E-state index is -0.470. The Hall–Kier alpha value is -1.71. The van der Waals surface area contributed by atoms with E-state index < -0.39 is 5.97 Å². The first-order chi connectivity index (χ1) is 13.0. The van der Waals surface area contributed by atoms with Crippen molar-refractivity contribution >= 4 is 5.97 Å². The summed E-state index contributed by atoms with van der Waals surface area (Å²) in [5.74, 6) is -0.482. The molecule has 0 saturated heterocycles. The van der Waals surface area contributed by atoms with Crippen LogP contribution < -0.4 is 4.74 Å². The minimum absolute atomic E-state index is 0.00639. The fraction of sp³-hybridized carbons (Fsp3) is 0.696. The van der Waals surface area contributed by atoms with Crippen LogP contribution in [0.2, 0.25) is 0 Å². The summed E-state index contributed by atoms with van der Waals surface area (Å²) in [7, 11) is 0. The molecule has 0 aliphatic rings. The van der Waals surface area contributed by atoms with E-state index in [9.17, 15) is 15.0 Å². The van der Waals surface area contributed by atoms with E-state index in [0.29, 0.717) is 12.0 Å². The summed E-state index contributed by atoms with van der Waals surface area (Å²) in [5.41, 5.74) is 0.686. The Kier molecular flexibility index (Phi) is 12.4. The second kappa shape index (κ2) is 14.4. The van der Waals surface area contributed by atoms with Crippen LogP contribution in [0.1, 0.15) is 103 Å². The van der Waals surface area contributed by atoms with Crippen LogP contribution in [0.4, 0.5) is 0 Å². The van der Waals surface area contributed by atoms with Gasteiger partial charge in [0.15, 0.2) is 11.5 Å². The third-order valence-electron chi connectivity index (χ3n) is 4.93. The molecule has 0 heterocycles. The van der Waals surface area contributed by atoms with Crippen molar-refractivity contribution in [3.05, 3.63) is 17.7 Å². The minimum Gasteiger partial charge on any atom is -0.508 e. The van der Waals surface area contributed by atoms with E-state index in [1.54, 1.807) is 6.07 Å². The Balaban J connectivity index is 2.12. The fourth-order valence-corrected chi connectivity index (χ4v) is 3.44. The summed E-state index contributed by atoms with van der Waals surface area (Å²) in [6, 6.07) is 2.77. The topological polar surface area (TPSA) is 66.8 Å². The largest absolute Gasteiger partial charge is 0.508 e. The summed E-state index contributed by atoms with van der Waals surface area (Å²) in [5, 5.41) is 19.5. The molecule has 0 aromatic heterocycles. The van der Waals surface area contributed by atoms with E-state index in [-0.39, 0.29) is 17.2 Å². The molecule has 0 aliphatic carbocycles. The molecule has 0 fully saturated rings. The molecule has 0 unspecified atom stereocenters. The van der Waals surface area contributed by atoms with Crippen molar-refractivity contribution in [1.29, 1.82) is 0 Å². The highest BCUT2D eigenvalue weighted by atomic mass is 16.5. The lowest BCUT2D eigenvalue weighted by Gasteiger charge is -2.11. The second-order valence-corrected chi connectivity index (χ2v) is 7.54. The van der Waals surface area contributed by atoms with Crippen molar-refractivity contribution in [2.75, 3.05) is 0 Å². The quantitative estimate of drug-likeness (QED) is 0.203. The van der Waals surface area contributed by atoms with Crippen molar-refractivity contribution in [2.45, 2.75) is 104 Å². The maximum Gasteiger partial charge on any atom is 0.308 e. The van der Waals surface area contributed by atoms with Gasteiger partial charge in [-0.3, -0.25) is 4.79 Å². The van der Waals surface area contributed by atoms with Crippen LogP contribution in [0.5, 0.6) is 17.2 Å². The van der Waals surface area contributed by atoms with Crippen LogP contribution >= 0.6 is 0 Å². The molecule has 0 spiro atoms. The van der Waals surface area contributed by atoms with E-state index in [4.69, 9.17) is 4.74 Å². The number of hydrogen-bond donors (Lipinski definition) is 2. The number of aryl methyl sites for hydroxylation is 1. The van der Waals surface area contributed by atoms with Gasteiger partial charge in [-0.1, -0.05) is 84.0 Å². The molecule has 0 bridgehead atoms. The van der Waals surface area contributed by atoms with Gasteiger partial charge in [0.2, 0.25) is 0 Å². The summed E-state index contributed by atoms with van der Waals surface area (Å²) in [4.78, 5) is 11.2. The summed E-state index contributed by atoms with van der Waals surface area (Å²) < 4.78 is 5.10. The van der Waals surface area contributed by atoms with Gasteiger partial charge in [-0.25, -0.2) is 0 Å². The third kappa shape index (κ3) is 10.9. The molecular formula is C23H38O4. The predicted octanol–water partition coefficient (Wildman–Crippen LogP) is 6.66. The molecule has 2 N–H and O–H groups in total. The average Bonchev–Trinajstić information content (AvgIpc) is 2.61. The van der Waals surface area contributed by atoms with Gasteiger partial charge in [-0.05, 0) is 18.9 Å². The molecule has 154 valence electrons. The SMILES string of the molecule is CCCCCCCCCCCCCCCc1cc(O)cc(O)c1OC(C)=O. The van der Waals surface area contributed by atoms with Crippen LogP contribution in [0.25, 0.3) is 0 Å². The molecule has 4 heteroatoms. The monoisotopic (exact) mass is 378 g/mol. The molecule has 0 atom stereocenters. The molecule has 0 aliphatic heterocycles. The lowest BCUT2D eigenvalue weighted by molar-refractivity contribution is -0.132. The average molecular weight is 379 g/mol. The van der Waals surface area contributed by atoms with Gasteiger partial charge in [0, 0.05) is 18.6 Å². The van der Waals surface area contributed by atoms with E-state index in [0.717, 1.165) is 12.8 Å².